The first-order valence-electron chi connectivity index (χ1n) is 5.29. The maximum absolute atomic E-state index is 4.56. The van der Waals surface area contributed by atoms with E-state index in [-0.39, 0.29) is 5.41 Å². The highest BCUT2D eigenvalue weighted by Crippen LogP contribution is 2.23. The van der Waals surface area contributed by atoms with Crippen LogP contribution in [0.15, 0.2) is 30.5 Å². The molecule has 0 amide bonds. The van der Waals surface area contributed by atoms with E-state index < -0.39 is 0 Å². The first-order chi connectivity index (χ1) is 7.49. The van der Waals surface area contributed by atoms with Crippen molar-refractivity contribution in [3.05, 3.63) is 31.1 Å². The second-order valence-corrected chi connectivity index (χ2v) is 5.53. The van der Waals surface area contributed by atoms with Gasteiger partial charge in [0.1, 0.15) is 5.82 Å². The van der Waals surface area contributed by atoms with E-state index in [9.17, 15) is 0 Å². The van der Waals surface area contributed by atoms with E-state index in [1.165, 1.54) is 0 Å². The normalized spacial score (nSPS) is 11.4. The average molecular weight is 237 g/mol. The summed E-state index contributed by atoms with van der Waals surface area (Å²) in [6, 6.07) is 0. The summed E-state index contributed by atoms with van der Waals surface area (Å²) in [4.78, 5) is 4.56. The molecule has 0 aromatic carbocycles. The summed E-state index contributed by atoms with van der Waals surface area (Å²) in [5.41, 5.74) is 0.00298. The van der Waals surface area contributed by atoms with Crippen molar-refractivity contribution in [1.82, 2.24) is 14.8 Å². The molecule has 88 valence electrons. The molecule has 3 nitrogen and oxygen atoms in total. The number of aromatic nitrogens is 3. The van der Waals surface area contributed by atoms with Crippen LogP contribution in [-0.4, -0.2) is 20.5 Å². The molecule has 0 N–H and O–H groups in total. The molecular weight excluding hydrogens is 218 g/mol. The third-order valence-corrected chi connectivity index (χ3v) is 2.79. The highest BCUT2D eigenvalue weighted by atomic mass is 32.2. The van der Waals surface area contributed by atoms with E-state index >= 15 is 0 Å². The van der Waals surface area contributed by atoms with Crippen LogP contribution in [0.2, 0.25) is 0 Å². The molecule has 1 rings (SSSR count). The van der Waals surface area contributed by atoms with E-state index in [0.717, 1.165) is 16.7 Å². The molecule has 0 aliphatic heterocycles. The predicted octanol–water partition coefficient (Wildman–Crippen LogP) is 3.04. The molecule has 0 unspecified atom stereocenters. The van der Waals surface area contributed by atoms with Crippen molar-refractivity contribution in [3.8, 4) is 0 Å². The maximum atomic E-state index is 4.56. The lowest BCUT2D eigenvalue weighted by atomic mass is 9.96. The lowest BCUT2D eigenvalue weighted by Crippen LogP contribution is -2.19. The van der Waals surface area contributed by atoms with Gasteiger partial charge in [-0.1, -0.05) is 44.7 Å². The van der Waals surface area contributed by atoms with Gasteiger partial charge >= 0.3 is 0 Å². The van der Waals surface area contributed by atoms with Crippen LogP contribution in [0, 0.1) is 0 Å². The number of rotatable bonds is 5. The van der Waals surface area contributed by atoms with Gasteiger partial charge in [0.25, 0.3) is 0 Å². The Morgan fingerprint density at radius 1 is 1.31 bits per heavy atom. The summed E-state index contributed by atoms with van der Waals surface area (Å²) in [5, 5.41) is 5.27. The molecular formula is C12H19N3S. The Labute approximate surface area is 102 Å². The van der Waals surface area contributed by atoms with Gasteiger partial charge in [0.05, 0.1) is 6.54 Å². The minimum atomic E-state index is 0.00298. The monoisotopic (exact) mass is 237 g/mol. The van der Waals surface area contributed by atoms with Crippen molar-refractivity contribution in [3.63, 3.8) is 0 Å². The fourth-order valence-electron chi connectivity index (χ4n) is 1.32. The Bertz CT molecular complexity index is 374. The second kappa shape index (κ2) is 5.34. The molecule has 16 heavy (non-hydrogen) atoms. The molecule has 1 aromatic rings. The quantitative estimate of drug-likeness (QED) is 0.582. The van der Waals surface area contributed by atoms with Crippen molar-refractivity contribution < 1.29 is 0 Å². The SMILES string of the molecule is C=CCSc1nc(C(C)(C)C)n(CC=C)n1. The van der Waals surface area contributed by atoms with Crippen LogP contribution in [0.5, 0.6) is 0 Å². The largest absolute Gasteiger partial charge is 0.245 e. The zero-order chi connectivity index (χ0) is 12.2. The Kier molecular flexibility index (Phi) is 4.35. The molecule has 0 saturated carbocycles. The van der Waals surface area contributed by atoms with Crippen LogP contribution in [0.1, 0.15) is 26.6 Å². The molecule has 0 bridgehead atoms. The standard InChI is InChI=1S/C12H19N3S/c1-6-8-15-10(12(3,4)5)13-11(14-15)16-9-7-2/h6-7H,1-2,8-9H2,3-5H3. The molecule has 4 heteroatoms. The summed E-state index contributed by atoms with van der Waals surface area (Å²) in [6.45, 7) is 14.5. The van der Waals surface area contributed by atoms with Crippen molar-refractivity contribution in [1.29, 1.82) is 0 Å². The van der Waals surface area contributed by atoms with Gasteiger partial charge in [-0.25, -0.2) is 9.67 Å². The fraction of sp³-hybridized carbons (Fsp3) is 0.500. The topological polar surface area (TPSA) is 30.7 Å². The molecule has 0 spiro atoms. The Balaban J connectivity index is 2.99. The van der Waals surface area contributed by atoms with Crippen molar-refractivity contribution in [2.24, 2.45) is 0 Å². The number of allylic oxidation sites excluding steroid dienone is 1. The van der Waals surface area contributed by atoms with E-state index in [4.69, 9.17) is 0 Å². The lowest BCUT2D eigenvalue weighted by molar-refractivity contribution is 0.493. The summed E-state index contributed by atoms with van der Waals surface area (Å²) in [7, 11) is 0. The molecule has 1 aromatic heterocycles. The maximum Gasteiger partial charge on any atom is 0.209 e. The number of hydrogen-bond acceptors (Lipinski definition) is 3. The zero-order valence-corrected chi connectivity index (χ0v) is 11.0. The van der Waals surface area contributed by atoms with Crippen LogP contribution in [-0.2, 0) is 12.0 Å². The van der Waals surface area contributed by atoms with Crippen LogP contribution in [0.3, 0.4) is 0 Å². The number of nitrogens with zero attached hydrogens (tertiary/aromatic N) is 3. The lowest BCUT2D eigenvalue weighted by Gasteiger charge is -2.17. The highest BCUT2D eigenvalue weighted by molar-refractivity contribution is 7.99. The van der Waals surface area contributed by atoms with Crippen molar-refractivity contribution >= 4 is 11.8 Å². The van der Waals surface area contributed by atoms with Gasteiger partial charge in [-0.15, -0.1) is 18.3 Å². The number of thioether (sulfide) groups is 1. The van der Waals surface area contributed by atoms with Crippen LogP contribution >= 0.6 is 11.8 Å². The van der Waals surface area contributed by atoms with E-state index in [1.54, 1.807) is 11.8 Å². The average Bonchev–Trinajstić information content (AvgIpc) is 2.58. The minimum absolute atomic E-state index is 0.00298. The first kappa shape index (κ1) is 13.0. The van der Waals surface area contributed by atoms with E-state index in [1.807, 2.05) is 16.8 Å². The highest BCUT2D eigenvalue weighted by Gasteiger charge is 2.22. The van der Waals surface area contributed by atoms with Gasteiger partial charge in [0.2, 0.25) is 5.16 Å². The summed E-state index contributed by atoms with van der Waals surface area (Å²) < 4.78 is 1.92. The Hall–Kier alpha value is -1.03. The van der Waals surface area contributed by atoms with Gasteiger partial charge in [-0.05, 0) is 0 Å². The third kappa shape index (κ3) is 3.23. The summed E-state index contributed by atoms with van der Waals surface area (Å²) in [5.74, 6) is 1.83. The van der Waals surface area contributed by atoms with Gasteiger partial charge in [0.15, 0.2) is 0 Å². The minimum Gasteiger partial charge on any atom is -0.245 e. The zero-order valence-electron chi connectivity index (χ0n) is 10.2. The molecule has 1 heterocycles. The second-order valence-electron chi connectivity index (χ2n) is 4.54. The molecule has 0 fully saturated rings. The van der Waals surface area contributed by atoms with Crippen LogP contribution in [0.4, 0.5) is 0 Å². The fourth-order valence-corrected chi connectivity index (χ4v) is 1.89. The molecule has 0 atom stereocenters. The van der Waals surface area contributed by atoms with Gasteiger partial charge in [-0.3, -0.25) is 0 Å². The molecule has 0 aliphatic carbocycles. The van der Waals surface area contributed by atoms with E-state index in [2.05, 4.69) is 44.0 Å². The predicted molar refractivity (Wildman–Crippen MR) is 69.8 cm³/mol. The smallest absolute Gasteiger partial charge is 0.209 e. The number of hydrogen-bond donors (Lipinski definition) is 0. The molecule has 0 saturated heterocycles. The van der Waals surface area contributed by atoms with Gasteiger partial charge in [-0.2, -0.15) is 0 Å². The van der Waals surface area contributed by atoms with E-state index in [0.29, 0.717) is 6.54 Å². The molecule has 0 aliphatic rings. The van der Waals surface area contributed by atoms with Gasteiger partial charge in [0, 0.05) is 11.2 Å². The third-order valence-electron chi connectivity index (χ3n) is 1.96. The van der Waals surface area contributed by atoms with Crippen LogP contribution in [0.25, 0.3) is 0 Å². The summed E-state index contributed by atoms with van der Waals surface area (Å²) in [6.07, 6.45) is 3.70. The van der Waals surface area contributed by atoms with Gasteiger partial charge < -0.3 is 0 Å². The summed E-state index contributed by atoms with van der Waals surface area (Å²) >= 11 is 1.60. The Morgan fingerprint density at radius 3 is 2.50 bits per heavy atom. The van der Waals surface area contributed by atoms with Crippen molar-refractivity contribution in [2.75, 3.05) is 5.75 Å². The Morgan fingerprint density at radius 2 is 2.00 bits per heavy atom. The first-order valence-corrected chi connectivity index (χ1v) is 6.27. The molecule has 0 radical (unpaired) electrons. The van der Waals surface area contributed by atoms with Crippen molar-refractivity contribution in [2.45, 2.75) is 37.9 Å². The van der Waals surface area contributed by atoms with Crippen LogP contribution < -0.4 is 0 Å².